The van der Waals surface area contributed by atoms with Gasteiger partial charge in [0, 0.05) is 17.8 Å². The zero-order valence-electron chi connectivity index (χ0n) is 8.41. The quantitative estimate of drug-likeness (QED) is 0.696. The van der Waals surface area contributed by atoms with Crippen molar-refractivity contribution in [3.05, 3.63) is 0 Å². The Morgan fingerprint density at radius 3 is 2.57 bits per heavy atom. The van der Waals surface area contributed by atoms with Crippen LogP contribution >= 0.6 is 23.4 Å². The molecule has 0 N–H and O–H groups in total. The lowest BCUT2D eigenvalue weighted by atomic mass is 10.2. The molecule has 2 nitrogen and oxygen atoms in total. The van der Waals surface area contributed by atoms with Crippen LogP contribution in [0.2, 0.25) is 0 Å². The molecule has 0 aromatic rings. The predicted octanol–water partition coefficient (Wildman–Crippen LogP) is 2.11. The summed E-state index contributed by atoms with van der Waals surface area (Å²) in [6.45, 7) is 1.78. The molecule has 4 heteroatoms. The summed E-state index contributed by atoms with van der Waals surface area (Å²) in [4.78, 5) is 14.0. The third kappa shape index (κ3) is 2.19. The lowest BCUT2D eigenvalue weighted by Crippen LogP contribution is -2.45. The van der Waals surface area contributed by atoms with E-state index in [0.717, 1.165) is 12.2 Å². The van der Waals surface area contributed by atoms with Gasteiger partial charge in [-0.1, -0.05) is 0 Å². The highest BCUT2D eigenvalue weighted by atomic mass is 35.5. The highest BCUT2D eigenvalue weighted by molar-refractivity contribution is 7.99. The molecule has 1 aliphatic heterocycles. The number of amides is 1. The molecule has 14 heavy (non-hydrogen) atoms. The molecule has 1 saturated heterocycles. The van der Waals surface area contributed by atoms with Gasteiger partial charge in [-0.25, -0.2) is 0 Å². The third-order valence-corrected chi connectivity index (χ3v) is 4.17. The predicted molar refractivity (Wildman–Crippen MR) is 60.9 cm³/mol. The van der Waals surface area contributed by atoms with E-state index in [1.54, 1.807) is 6.92 Å². The van der Waals surface area contributed by atoms with Gasteiger partial charge >= 0.3 is 0 Å². The Balaban J connectivity index is 2.02. The lowest BCUT2D eigenvalue weighted by Gasteiger charge is -2.29. The summed E-state index contributed by atoms with van der Waals surface area (Å²) in [5, 5.41) is -0.360. The van der Waals surface area contributed by atoms with Crippen molar-refractivity contribution < 1.29 is 4.79 Å². The van der Waals surface area contributed by atoms with Crippen LogP contribution < -0.4 is 0 Å². The van der Waals surface area contributed by atoms with Gasteiger partial charge in [-0.3, -0.25) is 4.79 Å². The zero-order chi connectivity index (χ0) is 10.1. The van der Waals surface area contributed by atoms with E-state index in [1.165, 1.54) is 18.6 Å². The molecular formula is C10H16ClNOS. The molecule has 0 radical (unpaired) electrons. The van der Waals surface area contributed by atoms with E-state index in [-0.39, 0.29) is 11.3 Å². The van der Waals surface area contributed by atoms with Gasteiger partial charge in [-0.15, -0.1) is 11.6 Å². The molecule has 0 unspecified atom stereocenters. The molecule has 1 heterocycles. The van der Waals surface area contributed by atoms with Crippen LogP contribution in [-0.4, -0.2) is 39.8 Å². The minimum Gasteiger partial charge on any atom is -0.335 e. The molecule has 1 aliphatic carbocycles. The van der Waals surface area contributed by atoms with Gasteiger partial charge in [-0.2, -0.15) is 11.8 Å². The van der Waals surface area contributed by atoms with E-state index in [1.807, 2.05) is 11.8 Å². The Bertz CT molecular complexity index is 224. The molecule has 0 bridgehead atoms. The molecule has 0 aromatic heterocycles. The van der Waals surface area contributed by atoms with Crippen LogP contribution in [-0.2, 0) is 4.79 Å². The van der Waals surface area contributed by atoms with Gasteiger partial charge in [-0.05, 0) is 31.9 Å². The second kappa shape index (κ2) is 4.31. The highest BCUT2D eigenvalue weighted by Gasteiger charge is 2.39. The Labute approximate surface area is 94.4 Å². The first-order valence-electron chi connectivity index (χ1n) is 5.24. The first-order valence-corrected chi connectivity index (χ1v) is 6.83. The largest absolute Gasteiger partial charge is 0.335 e. The summed E-state index contributed by atoms with van der Waals surface area (Å²) in [5.74, 6) is 2.44. The number of nitrogens with zero attached hydrogens (tertiary/aromatic N) is 1. The molecule has 2 aliphatic rings. The third-order valence-electron chi connectivity index (χ3n) is 2.83. The molecule has 80 valence electrons. The maximum Gasteiger partial charge on any atom is 0.240 e. The Hall–Kier alpha value is 0.110. The highest BCUT2D eigenvalue weighted by Crippen LogP contribution is 2.34. The van der Waals surface area contributed by atoms with Gasteiger partial charge < -0.3 is 4.90 Å². The number of alkyl halides is 1. The van der Waals surface area contributed by atoms with Crippen LogP contribution in [0.4, 0.5) is 0 Å². The number of halogens is 1. The van der Waals surface area contributed by atoms with Crippen LogP contribution in [0.15, 0.2) is 0 Å². The summed E-state index contributed by atoms with van der Waals surface area (Å²) in [7, 11) is 0. The van der Waals surface area contributed by atoms with Crippen molar-refractivity contribution in [2.24, 2.45) is 0 Å². The van der Waals surface area contributed by atoms with Crippen LogP contribution in [0.3, 0.4) is 0 Å². The topological polar surface area (TPSA) is 20.3 Å². The fourth-order valence-electron chi connectivity index (χ4n) is 1.96. The molecule has 2 atom stereocenters. The average molecular weight is 234 g/mol. The van der Waals surface area contributed by atoms with E-state index in [2.05, 4.69) is 4.90 Å². The van der Waals surface area contributed by atoms with Gasteiger partial charge in [0.25, 0.3) is 0 Å². The van der Waals surface area contributed by atoms with Crippen LogP contribution in [0, 0.1) is 0 Å². The van der Waals surface area contributed by atoms with Crippen LogP contribution in [0.5, 0.6) is 0 Å². The Kier molecular flexibility index (Phi) is 3.27. The summed E-state index contributed by atoms with van der Waals surface area (Å²) in [5.41, 5.74) is 0. The second-order valence-corrected chi connectivity index (χ2v) is 5.91. The molecule has 0 spiro atoms. The van der Waals surface area contributed by atoms with Gasteiger partial charge in [0.15, 0.2) is 0 Å². The molecule has 2 fully saturated rings. The molecular weight excluding hydrogens is 218 g/mol. The van der Waals surface area contributed by atoms with Crippen molar-refractivity contribution >= 4 is 29.3 Å². The minimum absolute atomic E-state index is 0.140. The van der Waals surface area contributed by atoms with Crippen molar-refractivity contribution in [1.29, 1.82) is 0 Å². The summed E-state index contributed by atoms with van der Waals surface area (Å²) in [6.07, 6.45) is 3.50. The normalized spacial score (nSPS) is 28.9. The summed E-state index contributed by atoms with van der Waals surface area (Å²) in [6, 6.07) is 0.966. The van der Waals surface area contributed by atoms with Gasteiger partial charge in [0.1, 0.15) is 5.38 Å². The van der Waals surface area contributed by atoms with Gasteiger partial charge in [0.2, 0.25) is 5.91 Å². The van der Waals surface area contributed by atoms with Crippen molar-refractivity contribution in [2.45, 2.75) is 43.6 Å². The molecule has 0 aromatic carbocycles. The first-order chi connectivity index (χ1) is 6.70. The number of rotatable bonds is 3. The van der Waals surface area contributed by atoms with Crippen molar-refractivity contribution in [1.82, 2.24) is 4.90 Å². The molecule has 2 rings (SSSR count). The van der Waals surface area contributed by atoms with Gasteiger partial charge in [0.05, 0.1) is 0 Å². The van der Waals surface area contributed by atoms with E-state index < -0.39 is 0 Å². The van der Waals surface area contributed by atoms with E-state index in [9.17, 15) is 4.79 Å². The number of carbonyl (C=O) groups excluding carboxylic acids is 1. The van der Waals surface area contributed by atoms with E-state index >= 15 is 0 Å². The molecule has 1 saturated carbocycles. The van der Waals surface area contributed by atoms with Crippen LogP contribution in [0.25, 0.3) is 0 Å². The number of hydrogen-bond donors (Lipinski definition) is 0. The van der Waals surface area contributed by atoms with E-state index in [4.69, 9.17) is 11.6 Å². The number of carbonyl (C=O) groups is 1. The van der Waals surface area contributed by atoms with Crippen molar-refractivity contribution in [3.63, 3.8) is 0 Å². The maximum atomic E-state index is 11.9. The molecule has 1 amide bonds. The SMILES string of the molecule is C[C@@H](Cl)C(=O)N(C1CC1)[C@@H]1CCSC1. The summed E-state index contributed by atoms with van der Waals surface area (Å²) >= 11 is 7.82. The maximum absolute atomic E-state index is 11.9. The lowest BCUT2D eigenvalue weighted by molar-refractivity contribution is -0.133. The minimum atomic E-state index is -0.360. The van der Waals surface area contributed by atoms with Crippen molar-refractivity contribution in [3.8, 4) is 0 Å². The standard InChI is InChI=1S/C10H16ClNOS/c1-7(11)10(13)12(8-2-3-8)9-4-5-14-6-9/h7-9H,2-6H2,1H3/t7-,9-/m1/s1. The average Bonchev–Trinajstić information content (AvgIpc) is 2.81. The Morgan fingerprint density at radius 2 is 2.14 bits per heavy atom. The monoisotopic (exact) mass is 233 g/mol. The van der Waals surface area contributed by atoms with Crippen molar-refractivity contribution in [2.75, 3.05) is 11.5 Å². The number of thioether (sulfide) groups is 1. The fourth-order valence-corrected chi connectivity index (χ4v) is 3.28. The van der Waals surface area contributed by atoms with E-state index in [0.29, 0.717) is 12.1 Å². The Morgan fingerprint density at radius 1 is 1.43 bits per heavy atom. The first kappa shape index (κ1) is 10.6. The number of hydrogen-bond acceptors (Lipinski definition) is 2. The smallest absolute Gasteiger partial charge is 0.240 e. The fraction of sp³-hybridized carbons (Fsp3) is 0.900. The summed E-state index contributed by atoms with van der Waals surface area (Å²) < 4.78 is 0. The second-order valence-electron chi connectivity index (χ2n) is 4.11. The van der Waals surface area contributed by atoms with Crippen LogP contribution in [0.1, 0.15) is 26.2 Å². The zero-order valence-corrected chi connectivity index (χ0v) is 9.98.